The van der Waals surface area contributed by atoms with E-state index in [1.165, 1.54) is 0 Å². The zero-order valence-corrected chi connectivity index (χ0v) is 14.0. The minimum Gasteiger partial charge on any atom is -0.497 e. The highest BCUT2D eigenvalue weighted by Crippen LogP contribution is 2.20. The lowest BCUT2D eigenvalue weighted by atomic mass is 10.2. The van der Waals surface area contributed by atoms with Gasteiger partial charge in [0.25, 0.3) is 0 Å². The summed E-state index contributed by atoms with van der Waals surface area (Å²) in [6, 6.07) is 12.8. The fraction of sp³-hybridized carbons (Fsp3) is 0.222. The quantitative estimate of drug-likeness (QED) is 0.743. The summed E-state index contributed by atoms with van der Waals surface area (Å²) in [6.07, 6.45) is 0.598. The van der Waals surface area contributed by atoms with Crippen molar-refractivity contribution in [3.05, 3.63) is 54.0 Å². The second-order valence-electron chi connectivity index (χ2n) is 5.45. The standard InChI is InChI=1S/C18H18N4O3/c1-12-4-3-5-15(19-12)20-16(23)10-11-17-21-18(22-25-17)13-6-8-14(24-2)9-7-13/h3-9H,10-11H2,1-2H3,(H,19,20,23). The van der Waals surface area contributed by atoms with Gasteiger partial charge in [0.15, 0.2) is 0 Å². The van der Waals surface area contributed by atoms with E-state index >= 15 is 0 Å². The molecular formula is C18H18N4O3. The van der Waals surface area contributed by atoms with Crippen LogP contribution in [0.15, 0.2) is 47.0 Å². The van der Waals surface area contributed by atoms with Crippen LogP contribution in [0.2, 0.25) is 0 Å². The Bertz CT molecular complexity index is 859. The van der Waals surface area contributed by atoms with Gasteiger partial charge in [-0.2, -0.15) is 4.98 Å². The van der Waals surface area contributed by atoms with Crippen LogP contribution in [0.4, 0.5) is 5.82 Å². The lowest BCUT2D eigenvalue weighted by Crippen LogP contribution is -2.13. The van der Waals surface area contributed by atoms with Crippen molar-refractivity contribution >= 4 is 11.7 Å². The summed E-state index contributed by atoms with van der Waals surface area (Å²) in [6.45, 7) is 1.87. The summed E-state index contributed by atoms with van der Waals surface area (Å²) in [5.74, 6) is 2.04. The predicted molar refractivity (Wildman–Crippen MR) is 92.2 cm³/mol. The number of aromatic nitrogens is 3. The molecule has 0 spiro atoms. The van der Waals surface area contributed by atoms with E-state index in [0.717, 1.165) is 17.0 Å². The summed E-state index contributed by atoms with van der Waals surface area (Å²) in [5, 5.41) is 6.69. The lowest BCUT2D eigenvalue weighted by molar-refractivity contribution is -0.116. The van der Waals surface area contributed by atoms with Gasteiger partial charge >= 0.3 is 0 Å². The molecule has 128 valence electrons. The van der Waals surface area contributed by atoms with Crippen LogP contribution >= 0.6 is 0 Å². The molecule has 1 amide bonds. The van der Waals surface area contributed by atoms with Crippen molar-refractivity contribution in [2.75, 3.05) is 12.4 Å². The van der Waals surface area contributed by atoms with Gasteiger partial charge in [0.1, 0.15) is 11.6 Å². The normalized spacial score (nSPS) is 10.5. The smallest absolute Gasteiger partial charge is 0.227 e. The molecule has 1 N–H and O–H groups in total. The number of anilines is 1. The van der Waals surface area contributed by atoms with E-state index < -0.39 is 0 Å². The number of rotatable bonds is 6. The molecule has 0 fully saturated rings. The van der Waals surface area contributed by atoms with Crippen LogP contribution in [-0.4, -0.2) is 28.1 Å². The van der Waals surface area contributed by atoms with E-state index in [1.807, 2.05) is 43.3 Å². The number of carbonyl (C=O) groups excluding carboxylic acids is 1. The Morgan fingerprint density at radius 2 is 1.96 bits per heavy atom. The van der Waals surface area contributed by atoms with E-state index in [1.54, 1.807) is 13.2 Å². The molecule has 0 saturated heterocycles. The predicted octanol–water partition coefficient (Wildman–Crippen LogP) is 3.02. The van der Waals surface area contributed by atoms with Crippen LogP contribution < -0.4 is 10.1 Å². The molecule has 7 nitrogen and oxygen atoms in total. The maximum Gasteiger partial charge on any atom is 0.227 e. The average molecular weight is 338 g/mol. The van der Waals surface area contributed by atoms with Crippen LogP contribution in [0.1, 0.15) is 18.0 Å². The van der Waals surface area contributed by atoms with Crippen molar-refractivity contribution in [3.63, 3.8) is 0 Å². The van der Waals surface area contributed by atoms with Crippen LogP contribution in [-0.2, 0) is 11.2 Å². The third-order valence-corrected chi connectivity index (χ3v) is 3.54. The summed E-state index contributed by atoms with van der Waals surface area (Å²) >= 11 is 0. The van der Waals surface area contributed by atoms with Crippen molar-refractivity contribution in [2.45, 2.75) is 19.8 Å². The second kappa shape index (κ2) is 7.57. The number of hydrogen-bond donors (Lipinski definition) is 1. The molecule has 0 radical (unpaired) electrons. The number of methoxy groups -OCH3 is 1. The Hall–Kier alpha value is -3.22. The first kappa shape index (κ1) is 16.6. The molecule has 25 heavy (non-hydrogen) atoms. The molecule has 2 heterocycles. The highest BCUT2D eigenvalue weighted by atomic mass is 16.5. The topological polar surface area (TPSA) is 90.1 Å². The number of pyridine rings is 1. The molecule has 7 heteroatoms. The highest BCUT2D eigenvalue weighted by Gasteiger charge is 2.11. The minimum absolute atomic E-state index is 0.151. The van der Waals surface area contributed by atoms with Gasteiger partial charge in [-0.15, -0.1) is 0 Å². The minimum atomic E-state index is -0.151. The lowest BCUT2D eigenvalue weighted by Gasteiger charge is -2.03. The Labute approximate surface area is 145 Å². The molecule has 0 aliphatic carbocycles. The fourth-order valence-corrected chi connectivity index (χ4v) is 2.25. The van der Waals surface area contributed by atoms with Crippen LogP contribution in [0.25, 0.3) is 11.4 Å². The van der Waals surface area contributed by atoms with Gasteiger partial charge in [0.2, 0.25) is 17.6 Å². The first-order valence-electron chi connectivity index (χ1n) is 7.84. The van der Waals surface area contributed by atoms with Crippen LogP contribution in [0.5, 0.6) is 5.75 Å². The molecule has 3 rings (SSSR count). The van der Waals surface area contributed by atoms with E-state index in [9.17, 15) is 4.79 Å². The third kappa shape index (κ3) is 4.41. The summed E-state index contributed by atoms with van der Waals surface area (Å²) in [5.41, 5.74) is 1.67. The Morgan fingerprint density at radius 1 is 1.16 bits per heavy atom. The molecular weight excluding hydrogens is 320 g/mol. The van der Waals surface area contributed by atoms with E-state index in [4.69, 9.17) is 9.26 Å². The summed E-state index contributed by atoms with van der Waals surface area (Å²) < 4.78 is 10.3. The fourth-order valence-electron chi connectivity index (χ4n) is 2.25. The Morgan fingerprint density at radius 3 is 2.68 bits per heavy atom. The molecule has 0 bridgehead atoms. The summed E-state index contributed by atoms with van der Waals surface area (Å²) in [7, 11) is 1.61. The Kier molecular flexibility index (Phi) is 5.03. The first-order valence-corrected chi connectivity index (χ1v) is 7.84. The molecule has 1 aromatic carbocycles. The van der Waals surface area contributed by atoms with E-state index in [-0.39, 0.29) is 12.3 Å². The summed E-state index contributed by atoms with van der Waals surface area (Å²) in [4.78, 5) is 20.5. The molecule has 3 aromatic rings. The largest absolute Gasteiger partial charge is 0.497 e. The SMILES string of the molecule is COc1ccc(-c2noc(CCC(=O)Nc3cccc(C)n3)n2)cc1. The van der Waals surface area contributed by atoms with Gasteiger partial charge in [-0.05, 0) is 43.3 Å². The van der Waals surface area contributed by atoms with Crippen molar-refractivity contribution in [3.8, 4) is 17.1 Å². The monoisotopic (exact) mass is 338 g/mol. The third-order valence-electron chi connectivity index (χ3n) is 3.54. The first-order chi connectivity index (χ1) is 12.1. The van der Waals surface area contributed by atoms with Crippen molar-refractivity contribution < 1.29 is 14.1 Å². The van der Waals surface area contributed by atoms with Gasteiger partial charge in [0.05, 0.1) is 7.11 Å². The molecule has 0 saturated carbocycles. The van der Waals surface area contributed by atoms with E-state index in [0.29, 0.717) is 24.0 Å². The number of aryl methyl sites for hydroxylation is 2. The van der Waals surface area contributed by atoms with Crippen molar-refractivity contribution in [1.29, 1.82) is 0 Å². The van der Waals surface area contributed by atoms with Crippen LogP contribution in [0.3, 0.4) is 0 Å². The number of carbonyl (C=O) groups is 1. The maximum atomic E-state index is 12.0. The van der Waals surface area contributed by atoms with Crippen molar-refractivity contribution in [1.82, 2.24) is 15.1 Å². The maximum absolute atomic E-state index is 12.0. The molecule has 0 unspecified atom stereocenters. The van der Waals surface area contributed by atoms with Crippen molar-refractivity contribution in [2.24, 2.45) is 0 Å². The number of nitrogens with zero attached hydrogens (tertiary/aromatic N) is 3. The van der Waals surface area contributed by atoms with Crippen LogP contribution in [0, 0.1) is 6.92 Å². The number of amides is 1. The zero-order valence-electron chi connectivity index (χ0n) is 14.0. The van der Waals surface area contributed by atoms with Gasteiger partial charge in [0, 0.05) is 24.1 Å². The Balaban J connectivity index is 1.56. The average Bonchev–Trinajstić information content (AvgIpc) is 3.09. The molecule has 0 aliphatic rings. The van der Waals surface area contributed by atoms with Gasteiger partial charge < -0.3 is 14.6 Å². The van der Waals surface area contributed by atoms with Gasteiger partial charge in [-0.1, -0.05) is 11.2 Å². The number of ether oxygens (including phenoxy) is 1. The molecule has 0 aliphatic heterocycles. The highest BCUT2D eigenvalue weighted by molar-refractivity contribution is 5.89. The zero-order chi connectivity index (χ0) is 17.6. The second-order valence-corrected chi connectivity index (χ2v) is 5.45. The number of hydrogen-bond acceptors (Lipinski definition) is 6. The molecule has 0 atom stereocenters. The van der Waals surface area contributed by atoms with Gasteiger partial charge in [-0.25, -0.2) is 4.98 Å². The molecule has 2 aromatic heterocycles. The number of nitrogens with one attached hydrogen (secondary N) is 1. The number of benzene rings is 1. The van der Waals surface area contributed by atoms with Gasteiger partial charge in [-0.3, -0.25) is 4.79 Å². The van der Waals surface area contributed by atoms with E-state index in [2.05, 4.69) is 20.4 Å².